The minimum Gasteiger partial charge on any atom is -0.465 e. The summed E-state index contributed by atoms with van der Waals surface area (Å²) in [6.07, 6.45) is 0.0698. The number of halogens is 3. The van der Waals surface area contributed by atoms with Crippen molar-refractivity contribution in [3.8, 4) is 0 Å². The van der Waals surface area contributed by atoms with E-state index in [1.54, 1.807) is 18.2 Å². The molecule has 0 aromatic heterocycles. The highest BCUT2D eigenvalue weighted by atomic mass is 28.2. The predicted molar refractivity (Wildman–Crippen MR) is 167 cm³/mol. The average molecular weight is 638 g/mol. The fraction of sp³-hybridized carbons (Fsp3) is 0.562. The fourth-order valence-electron chi connectivity index (χ4n) is 6.04. The maximum atomic E-state index is 13.5. The minimum absolute atomic E-state index is 0.00652. The molecule has 0 aliphatic carbocycles. The lowest BCUT2D eigenvalue weighted by Gasteiger charge is -2.42. The molecule has 1 heterocycles. The summed E-state index contributed by atoms with van der Waals surface area (Å²) in [5.41, 5.74) is 1.17. The normalized spacial score (nSPS) is 17.8. The first kappa shape index (κ1) is 35.0. The molecule has 2 unspecified atom stereocenters. The van der Waals surface area contributed by atoms with E-state index < -0.39 is 36.7 Å². The number of benzene rings is 2. The van der Waals surface area contributed by atoms with Crippen molar-refractivity contribution in [2.24, 2.45) is 11.3 Å². The first-order valence-corrected chi connectivity index (χ1v) is 19.2. The van der Waals surface area contributed by atoms with E-state index in [9.17, 15) is 22.8 Å². The highest BCUT2D eigenvalue weighted by Gasteiger charge is 2.40. The number of likely N-dealkylation sites (tertiary alicyclic amines) is 1. The molecule has 0 radical (unpaired) electrons. The zero-order valence-electron chi connectivity index (χ0n) is 26.0. The van der Waals surface area contributed by atoms with E-state index in [-0.39, 0.29) is 30.1 Å². The summed E-state index contributed by atoms with van der Waals surface area (Å²) >= 11 is 0. The van der Waals surface area contributed by atoms with Crippen molar-refractivity contribution in [1.82, 2.24) is 4.90 Å². The number of alkyl halides is 3. The molecular weight excluding hydrogens is 592 g/mol. The molecular formula is C32H46F3NO5Si2. The van der Waals surface area contributed by atoms with Gasteiger partial charge in [-0.1, -0.05) is 57.3 Å². The van der Waals surface area contributed by atoms with Crippen LogP contribution in [0.2, 0.25) is 13.1 Å². The summed E-state index contributed by atoms with van der Waals surface area (Å²) in [4.78, 5) is 26.5. The standard InChI is InChI=1S/C32H46F3NO5Si2/c1-31(2,30(40-42-4)41-43-5)25(20-23-8-6-10-26(21-23)32(33,34)35)15-16-27-17-18-28(37)36(27)19-7-9-22-11-13-24(14-12-22)29(38)39-3/h6,8,10-14,21,25,27,30H,7,9,15-20,42-43H2,1-5H3. The Morgan fingerprint density at radius 1 is 1.05 bits per heavy atom. The van der Waals surface area contributed by atoms with E-state index >= 15 is 0 Å². The summed E-state index contributed by atoms with van der Waals surface area (Å²) in [6, 6.07) is 13.0. The molecule has 2 aromatic carbocycles. The topological polar surface area (TPSA) is 65.1 Å². The number of rotatable bonds is 16. The second-order valence-electron chi connectivity index (χ2n) is 11.8. The van der Waals surface area contributed by atoms with Crippen LogP contribution in [0.4, 0.5) is 13.2 Å². The van der Waals surface area contributed by atoms with E-state index in [1.165, 1.54) is 19.2 Å². The molecule has 1 aliphatic rings. The molecule has 6 nitrogen and oxygen atoms in total. The van der Waals surface area contributed by atoms with Crippen molar-refractivity contribution in [1.29, 1.82) is 0 Å². The molecule has 1 fully saturated rings. The van der Waals surface area contributed by atoms with Gasteiger partial charge in [-0.3, -0.25) is 4.79 Å². The van der Waals surface area contributed by atoms with Gasteiger partial charge in [-0.15, -0.1) is 0 Å². The van der Waals surface area contributed by atoms with Crippen LogP contribution in [-0.4, -0.2) is 62.3 Å². The van der Waals surface area contributed by atoms with Gasteiger partial charge in [0.05, 0.1) is 18.2 Å². The third kappa shape index (κ3) is 9.76. The highest BCUT2D eigenvalue weighted by molar-refractivity contribution is 6.26. The van der Waals surface area contributed by atoms with Gasteiger partial charge in [-0.05, 0) is 73.8 Å². The summed E-state index contributed by atoms with van der Waals surface area (Å²) in [7, 11) is -0.189. The lowest BCUT2D eigenvalue weighted by atomic mass is 9.72. The number of carbonyl (C=O) groups is 2. The molecule has 43 heavy (non-hydrogen) atoms. The number of aryl methyl sites for hydroxylation is 1. The van der Waals surface area contributed by atoms with Crippen LogP contribution < -0.4 is 0 Å². The van der Waals surface area contributed by atoms with E-state index in [0.29, 0.717) is 30.5 Å². The first-order chi connectivity index (χ1) is 20.4. The van der Waals surface area contributed by atoms with Gasteiger partial charge in [0.15, 0.2) is 19.5 Å². The summed E-state index contributed by atoms with van der Waals surface area (Å²) in [5, 5.41) is 0. The van der Waals surface area contributed by atoms with E-state index in [4.69, 9.17) is 13.6 Å². The Labute approximate surface area is 258 Å². The van der Waals surface area contributed by atoms with Crippen LogP contribution in [0.5, 0.6) is 0 Å². The molecule has 0 N–H and O–H groups in total. The molecule has 1 amide bonds. The van der Waals surface area contributed by atoms with Crippen LogP contribution in [0.3, 0.4) is 0 Å². The summed E-state index contributed by atoms with van der Waals surface area (Å²) < 4.78 is 57.5. The molecule has 0 bridgehead atoms. The van der Waals surface area contributed by atoms with E-state index in [0.717, 1.165) is 43.7 Å². The monoisotopic (exact) mass is 637 g/mol. The van der Waals surface area contributed by atoms with Crippen molar-refractivity contribution in [3.05, 3.63) is 70.8 Å². The number of hydrogen-bond donors (Lipinski definition) is 0. The van der Waals surface area contributed by atoms with Crippen LogP contribution >= 0.6 is 0 Å². The van der Waals surface area contributed by atoms with Gasteiger partial charge in [0.25, 0.3) is 0 Å². The molecule has 0 spiro atoms. The second kappa shape index (κ2) is 16.0. The summed E-state index contributed by atoms with van der Waals surface area (Å²) in [5.74, 6) is -0.226. The number of nitrogens with zero attached hydrogens (tertiary/aromatic N) is 1. The van der Waals surface area contributed by atoms with Crippen molar-refractivity contribution in [3.63, 3.8) is 0 Å². The zero-order chi connectivity index (χ0) is 31.6. The summed E-state index contributed by atoms with van der Waals surface area (Å²) in [6.45, 7) is 8.96. The third-order valence-corrected chi connectivity index (χ3v) is 9.84. The molecule has 11 heteroatoms. The molecule has 1 saturated heterocycles. The fourth-order valence-corrected chi connectivity index (χ4v) is 7.89. The number of methoxy groups -OCH3 is 1. The quantitative estimate of drug-likeness (QED) is 0.134. The van der Waals surface area contributed by atoms with Crippen LogP contribution in [0.25, 0.3) is 0 Å². The number of esters is 1. The van der Waals surface area contributed by atoms with Gasteiger partial charge >= 0.3 is 12.1 Å². The average Bonchev–Trinajstić information content (AvgIpc) is 3.33. The van der Waals surface area contributed by atoms with E-state index in [1.807, 2.05) is 17.0 Å². The third-order valence-electron chi connectivity index (χ3n) is 8.57. The largest absolute Gasteiger partial charge is 0.465 e. The number of carbonyl (C=O) groups excluding carboxylic acids is 2. The Kier molecular flexibility index (Phi) is 13.0. The van der Waals surface area contributed by atoms with Gasteiger partial charge in [0.2, 0.25) is 5.91 Å². The smallest absolute Gasteiger partial charge is 0.416 e. The number of amides is 1. The van der Waals surface area contributed by atoms with Crippen LogP contribution in [-0.2, 0) is 37.4 Å². The first-order valence-electron chi connectivity index (χ1n) is 15.3. The molecule has 2 aromatic rings. The highest BCUT2D eigenvalue weighted by Crippen LogP contribution is 2.40. The molecule has 3 rings (SSSR count). The van der Waals surface area contributed by atoms with Gasteiger partial charge in [0.1, 0.15) is 6.29 Å². The molecule has 238 valence electrons. The Morgan fingerprint density at radius 3 is 2.33 bits per heavy atom. The zero-order valence-corrected chi connectivity index (χ0v) is 28.9. The van der Waals surface area contributed by atoms with Crippen molar-refractivity contribution >= 4 is 31.4 Å². The SMILES string of the molecule is COC(=O)c1ccc(CCCN2C(=O)CCC2CCC(Cc2cccc(C(F)(F)F)c2)C(C)(C)C(O[SiH2]C)O[SiH2]C)cc1. The van der Waals surface area contributed by atoms with Crippen LogP contribution in [0.1, 0.15) is 73.0 Å². The molecule has 2 atom stereocenters. The van der Waals surface area contributed by atoms with Gasteiger partial charge < -0.3 is 18.5 Å². The number of ether oxygens (including phenoxy) is 1. The lowest BCUT2D eigenvalue weighted by Crippen LogP contribution is -2.43. The lowest BCUT2D eigenvalue weighted by molar-refractivity contribution is -0.137. The Morgan fingerprint density at radius 2 is 1.72 bits per heavy atom. The Bertz CT molecular complexity index is 1190. The van der Waals surface area contributed by atoms with Crippen LogP contribution in [0, 0.1) is 11.3 Å². The van der Waals surface area contributed by atoms with Crippen LogP contribution in [0.15, 0.2) is 48.5 Å². The van der Waals surface area contributed by atoms with Crippen molar-refractivity contribution in [2.45, 2.75) is 90.4 Å². The molecule has 0 saturated carbocycles. The Hall–Kier alpha value is -2.48. The second-order valence-corrected chi connectivity index (χ2v) is 13.6. The van der Waals surface area contributed by atoms with Crippen molar-refractivity contribution < 1.29 is 36.3 Å². The maximum Gasteiger partial charge on any atom is 0.416 e. The minimum atomic E-state index is -4.40. The molecule has 1 aliphatic heterocycles. The van der Waals surface area contributed by atoms with Gasteiger partial charge in [-0.2, -0.15) is 13.2 Å². The van der Waals surface area contributed by atoms with Gasteiger partial charge in [-0.25, -0.2) is 4.79 Å². The maximum absolute atomic E-state index is 13.5. The van der Waals surface area contributed by atoms with E-state index in [2.05, 4.69) is 26.9 Å². The van der Waals surface area contributed by atoms with Crippen molar-refractivity contribution in [2.75, 3.05) is 13.7 Å². The Balaban J connectivity index is 1.71. The van der Waals surface area contributed by atoms with Gasteiger partial charge in [0, 0.05) is 24.4 Å². The number of hydrogen-bond acceptors (Lipinski definition) is 5. The predicted octanol–water partition coefficient (Wildman–Crippen LogP) is 5.70.